The number of aryl methyl sites for hydroxylation is 2. The first-order valence-corrected chi connectivity index (χ1v) is 13.0. The Bertz CT molecular complexity index is 1800. The maximum absolute atomic E-state index is 14.0. The lowest BCUT2D eigenvalue weighted by Gasteiger charge is -2.39. The second kappa shape index (κ2) is 9.30. The number of phenols is 3. The fourth-order valence-corrected chi connectivity index (χ4v) is 6.53. The van der Waals surface area contributed by atoms with Crippen molar-refractivity contribution in [3.8, 4) is 34.5 Å². The van der Waals surface area contributed by atoms with Crippen molar-refractivity contribution >= 4 is 11.6 Å². The number of ketones is 2. The molecule has 41 heavy (non-hydrogen) atoms. The molecule has 8 nitrogen and oxygen atoms in total. The summed E-state index contributed by atoms with van der Waals surface area (Å²) >= 11 is 0. The van der Waals surface area contributed by atoms with Crippen molar-refractivity contribution in [1.82, 2.24) is 0 Å². The molecule has 0 aliphatic heterocycles. The van der Waals surface area contributed by atoms with Crippen molar-refractivity contribution < 1.29 is 39.1 Å². The summed E-state index contributed by atoms with van der Waals surface area (Å²) in [7, 11) is 4.37. The Kier molecular flexibility index (Phi) is 5.95. The largest absolute Gasteiger partial charge is 0.508 e. The highest BCUT2D eigenvalue weighted by molar-refractivity contribution is 6.18. The monoisotopic (exact) mass is 552 g/mol. The summed E-state index contributed by atoms with van der Waals surface area (Å²) in [5, 5.41) is 33.0. The van der Waals surface area contributed by atoms with Gasteiger partial charge in [0.25, 0.3) is 0 Å². The number of aromatic hydroxyl groups is 3. The van der Waals surface area contributed by atoms with E-state index < -0.39 is 23.4 Å². The molecule has 6 rings (SSSR count). The van der Waals surface area contributed by atoms with Crippen molar-refractivity contribution in [2.24, 2.45) is 0 Å². The minimum absolute atomic E-state index is 0.110. The van der Waals surface area contributed by atoms with E-state index in [-0.39, 0.29) is 51.0 Å². The number of methoxy groups -OCH3 is 3. The third-order valence-electron chi connectivity index (χ3n) is 8.07. The zero-order chi connectivity index (χ0) is 29.3. The van der Waals surface area contributed by atoms with Gasteiger partial charge < -0.3 is 29.5 Å². The first kappa shape index (κ1) is 26.3. The van der Waals surface area contributed by atoms with Crippen LogP contribution < -0.4 is 14.2 Å². The molecule has 0 saturated carbocycles. The molecular weight excluding hydrogens is 524 g/mol. The highest BCUT2D eigenvalue weighted by atomic mass is 16.5. The summed E-state index contributed by atoms with van der Waals surface area (Å²) in [6.45, 7) is 3.63. The molecule has 0 aromatic heterocycles. The number of carbonyl (C=O) groups excluding carboxylic acids is 2. The number of phenolic OH excluding ortho intramolecular Hbond substituents is 3. The van der Waals surface area contributed by atoms with Gasteiger partial charge in [0.15, 0.2) is 0 Å². The Morgan fingerprint density at radius 1 is 0.537 bits per heavy atom. The van der Waals surface area contributed by atoms with Gasteiger partial charge in [-0.1, -0.05) is 12.1 Å². The molecule has 4 aromatic rings. The van der Waals surface area contributed by atoms with Gasteiger partial charge in [-0.2, -0.15) is 0 Å². The molecule has 0 saturated heterocycles. The van der Waals surface area contributed by atoms with Crippen molar-refractivity contribution in [3.05, 3.63) is 104 Å². The Balaban J connectivity index is 1.81. The highest BCUT2D eigenvalue weighted by Crippen LogP contribution is 2.57. The average molecular weight is 553 g/mol. The fraction of sp³-hybridized carbons (Fsp3) is 0.212. The molecule has 8 heteroatoms. The maximum atomic E-state index is 14.0. The molecule has 0 spiro atoms. The van der Waals surface area contributed by atoms with E-state index in [1.54, 1.807) is 12.1 Å². The first-order chi connectivity index (χ1) is 19.6. The van der Waals surface area contributed by atoms with E-state index in [1.165, 1.54) is 45.6 Å². The summed E-state index contributed by atoms with van der Waals surface area (Å²) in [6.07, 6.45) is 0. The van der Waals surface area contributed by atoms with Crippen molar-refractivity contribution in [2.75, 3.05) is 21.3 Å². The number of rotatable bonds is 4. The normalized spacial score (nSPS) is 16.8. The van der Waals surface area contributed by atoms with E-state index in [2.05, 4.69) is 0 Å². The predicted octanol–water partition coefficient (Wildman–Crippen LogP) is 5.50. The van der Waals surface area contributed by atoms with Crippen LogP contribution in [0.1, 0.15) is 77.1 Å². The molecule has 3 N–H and O–H groups in total. The number of ether oxygens (including phenoxy) is 3. The summed E-state index contributed by atoms with van der Waals surface area (Å²) < 4.78 is 16.8. The summed E-state index contributed by atoms with van der Waals surface area (Å²) in [6, 6.07) is 13.0. The van der Waals surface area contributed by atoms with Crippen LogP contribution in [0.3, 0.4) is 0 Å². The minimum atomic E-state index is -0.701. The molecule has 2 aliphatic carbocycles. The van der Waals surface area contributed by atoms with E-state index in [0.29, 0.717) is 28.0 Å². The van der Waals surface area contributed by atoms with Gasteiger partial charge in [0.1, 0.15) is 34.5 Å². The molecule has 2 atom stereocenters. The molecular formula is C33H28O8. The van der Waals surface area contributed by atoms with Crippen LogP contribution in [0.15, 0.2) is 48.5 Å². The van der Waals surface area contributed by atoms with Crippen molar-refractivity contribution in [1.29, 1.82) is 0 Å². The Labute approximate surface area is 236 Å². The summed E-state index contributed by atoms with van der Waals surface area (Å²) in [5.41, 5.74) is 4.22. The molecule has 0 heterocycles. The van der Waals surface area contributed by atoms with E-state index in [1.807, 2.05) is 26.0 Å². The van der Waals surface area contributed by atoms with E-state index in [0.717, 1.165) is 11.1 Å². The van der Waals surface area contributed by atoms with Crippen LogP contribution >= 0.6 is 0 Å². The average Bonchev–Trinajstić information content (AvgIpc) is 2.92. The quantitative estimate of drug-likeness (QED) is 0.303. The lowest BCUT2D eigenvalue weighted by molar-refractivity contribution is 0.101. The Morgan fingerprint density at radius 2 is 0.976 bits per heavy atom. The second-order valence-corrected chi connectivity index (χ2v) is 10.5. The van der Waals surface area contributed by atoms with E-state index in [9.17, 15) is 24.9 Å². The zero-order valence-corrected chi connectivity index (χ0v) is 23.2. The van der Waals surface area contributed by atoms with Gasteiger partial charge in [-0.05, 0) is 71.5 Å². The molecule has 0 unspecified atom stereocenters. The number of fused-ring (bicyclic) bond motifs is 4. The molecule has 4 aromatic carbocycles. The topological polar surface area (TPSA) is 123 Å². The number of hydrogen-bond donors (Lipinski definition) is 3. The zero-order valence-electron chi connectivity index (χ0n) is 23.2. The summed E-state index contributed by atoms with van der Waals surface area (Å²) in [5.74, 6) is -1.81. The van der Waals surface area contributed by atoms with E-state index >= 15 is 0 Å². The minimum Gasteiger partial charge on any atom is -0.508 e. The van der Waals surface area contributed by atoms with Gasteiger partial charge in [0, 0.05) is 24.0 Å². The van der Waals surface area contributed by atoms with Crippen molar-refractivity contribution in [2.45, 2.75) is 25.7 Å². The van der Waals surface area contributed by atoms with Crippen LogP contribution in [0.2, 0.25) is 0 Å². The molecule has 0 radical (unpaired) electrons. The standard InChI is InChI=1S/C33H28O8/c1-14-6-18-26(20-10-16(34)11-24(40-4)30(20)32(37)28(18)22(35)8-14)27-19-7-15(2)9-23(36)29(19)33(38)31-21(27)12-17(39-3)13-25(31)41-5/h6-13,26-27,34-36H,1-5H3/t26-,27+/m1/s1. The first-order valence-electron chi connectivity index (χ1n) is 13.0. The third-order valence-corrected chi connectivity index (χ3v) is 8.07. The molecule has 2 aliphatic rings. The fourth-order valence-electron chi connectivity index (χ4n) is 6.53. The third kappa shape index (κ3) is 3.74. The van der Waals surface area contributed by atoms with Crippen LogP contribution in [0, 0.1) is 13.8 Å². The van der Waals surface area contributed by atoms with Crippen molar-refractivity contribution in [3.63, 3.8) is 0 Å². The van der Waals surface area contributed by atoms with Crippen LogP contribution in [0.5, 0.6) is 34.5 Å². The van der Waals surface area contributed by atoms with Gasteiger partial charge in [-0.3, -0.25) is 9.59 Å². The van der Waals surface area contributed by atoms with Gasteiger partial charge in [0.2, 0.25) is 11.6 Å². The highest BCUT2D eigenvalue weighted by Gasteiger charge is 2.46. The van der Waals surface area contributed by atoms with Crippen LogP contribution in [0.4, 0.5) is 0 Å². The van der Waals surface area contributed by atoms with Crippen LogP contribution in [-0.2, 0) is 0 Å². The van der Waals surface area contributed by atoms with Gasteiger partial charge in [-0.25, -0.2) is 0 Å². The van der Waals surface area contributed by atoms with Gasteiger partial charge in [-0.15, -0.1) is 0 Å². The molecule has 208 valence electrons. The smallest absolute Gasteiger partial charge is 0.201 e. The molecule has 0 fully saturated rings. The van der Waals surface area contributed by atoms with E-state index in [4.69, 9.17) is 14.2 Å². The maximum Gasteiger partial charge on any atom is 0.201 e. The number of benzene rings is 4. The summed E-state index contributed by atoms with van der Waals surface area (Å²) in [4.78, 5) is 28.0. The van der Waals surface area contributed by atoms with Gasteiger partial charge in [0.05, 0.1) is 43.6 Å². The lowest BCUT2D eigenvalue weighted by atomic mass is 9.63. The number of carbonyl (C=O) groups is 2. The number of hydrogen-bond acceptors (Lipinski definition) is 8. The Morgan fingerprint density at radius 3 is 1.44 bits per heavy atom. The molecule has 0 amide bonds. The second-order valence-electron chi connectivity index (χ2n) is 10.5. The molecule has 0 bridgehead atoms. The van der Waals surface area contributed by atoms with Gasteiger partial charge >= 0.3 is 0 Å². The lowest BCUT2D eigenvalue weighted by Crippen LogP contribution is -2.30. The Hall–Kier alpha value is -4.98. The van der Waals surface area contributed by atoms with Crippen LogP contribution in [-0.4, -0.2) is 48.2 Å². The van der Waals surface area contributed by atoms with Crippen LogP contribution in [0.25, 0.3) is 0 Å². The SMILES string of the molecule is COc1cc(OC)c2c(c1)[C@@H]([C@@H]1c3cc(C)cc(O)c3C(=O)c3c(OC)cc(O)cc31)c1cc(C)cc(O)c1C2=O. The predicted molar refractivity (Wildman–Crippen MR) is 150 cm³/mol.